The molecule has 0 spiro atoms. The molecule has 0 saturated heterocycles. The lowest BCUT2D eigenvalue weighted by atomic mass is 9.77. The van der Waals surface area contributed by atoms with Crippen molar-refractivity contribution in [3.05, 3.63) is 23.5 Å². The van der Waals surface area contributed by atoms with Crippen molar-refractivity contribution in [3.63, 3.8) is 0 Å². The SMILES string of the molecule is COC1=CCC(C2(O)CCCCC2)=CC1. The monoisotopic (exact) mass is 208 g/mol. The van der Waals surface area contributed by atoms with Gasteiger partial charge in [-0.15, -0.1) is 0 Å². The van der Waals surface area contributed by atoms with Gasteiger partial charge in [-0.05, 0) is 30.9 Å². The van der Waals surface area contributed by atoms with E-state index in [9.17, 15) is 5.11 Å². The van der Waals surface area contributed by atoms with Crippen LogP contribution in [0.15, 0.2) is 23.5 Å². The lowest BCUT2D eigenvalue weighted by Gasteiger charge is -2.35. The fraction of sp³-hybridized carbons (Fsp3) is 0.692. The number of methoxy groups -OCH3 is 1. The maximum absolute atomic E-state index is 10.5. The molecule has 0 radical (unpaired) electrons. The summed E-state index contributed by atoms with van der Waals surface area (Å²) in [5, 5.41) is 10.5. The minimum atomic E-state index is -0.506. The molecule has 2 heteroatoms. The quantitative estimate of drug-likeness (QED) is 0.707. The lowest BCUT2D eigenvalue weighted by Crippen LogP contribution is -2.34. The zero-order chi connectivity index (χ0) is 10.7. The van der Waals surface area contributed by atoms with Crippen LogP contribution >= 0.6 is 0 Å². The molecule has 2 rings (SSSR count). The predicted octanol–water partition coefficient (Wildman–Crippen LogP) is 2.93. The molecular weight excluding hydrogens is 188 g/mol. The van der Waals surface area contributed by atoms with Crippen molar-refractivity contribution in [3.8, 4) is 0 Å². The van der Waals surface area contributed by atoms with Gasteiger partial charge in [-0.3, -0.25) is 0 Å². The summed E-state index contributed by atoms with van der Waals surface area (Å²) in [5.41, 5.74) is 0.705. The Morgan fingerprint density at radius 2 is 1.87 bits per heavy atom. The Kier molecular flexibility index (Phi) is 3.15. The molecule has 0 amide bonds. The number of hydrogen-bond donors (Lipinski definition) is 1. The Bertz CT molecular complexity index is 283. The van der Waals surface area contributed by atoms with Gasteiger partial charge < -0.3 is 9.84 Å². The number of ether oxygens (including phenoxy) is 1. The molecule has 0 bridgehead atoms. The van der Waals surface area contributed by atoms with Crippen LogP contribution in [-0.2, 0) is 4.74 Å². The second kappa shape index (κ2) is 4.40. The van der Waals surface area contributed by atoms with Crippen LogP contribution in [0.3, 0.4) is 0 Å². The summed E-state index contributed by atoms with van der Waals surface area (Å²) < 4.78 is 5.19. The van der Waals surface area contributed by atoms with Crippen LogP contribution in [0.2, 0.25) is 0 Å². The largest absolute Gasteiger partial charge is 0.501 e. The van der Waals surface area contributed by atoms with E-state index in [1.54, 1.807) is 7.11 Å². The van der Waals surface area contributed by atoms with Crippen LogP contribution in [0.4, 0.5) is 0 Å². The number of aliphatic hydroxyl groups is 1. The molecule has 84 valence electrons. The van der Waals surface area contributed by atoms with Gasteiger partial charge in [0, 0.05) is 6.42 Å². The molecule has 0 aliphatic heterocycles. The highest BCUT2D eigenvalue weighted by Crippen LogP contribution is 2.37. The molecular formula is C13H20O2. The van der Waals surface area contributed by atoms with Gasteiger partial charge >= 0.3 is 0 Å². The summed E-state index contributed by atoms with van der Waals surface area (Å²) in [6, 6.07) is 0. The maximum Gasteiger partial charge on any atom is 0.0956 e. The Morgan fingerprint density at radius 1 is 1.13 bits per heavy atom. The number of allylic oxidation sites excluding steroid dienone is 2. The zero-order valence-corrected chi connectivity index (χ0v) is 9.46. The molecule has 0 aromatic carbocycles. The molecule has 0 heterocycles. The van der Waals surface area contributed by atoms with Gasteiger partial charge in [-0.1, -0.05) is 25.3 Å². The predicted molar refractivity (Wildman–Crippen MR) is 60.4 cm³/mol. The summed E-state index contributed by atoms with van der Waals surface area (Å²) >= 11 is 0. The molecule has 2 aliphatic carbocycles. The molecule has 1 fully saturated rings. The second-order valence-corrected chi connectivity index (χ2v) is 4.60. The normalized spacial score (nSPS) is 25.5. The van der Waals surface area contributed by atoms with Crippen LogP contribution in [0.25, 0.3) is 0 Å². The molecule has 2 nitrogen and oxygen atoms in total. The molecule has 0 atom stereocenters. The van der Waals surface area contributed by atoms with E-state index < -0.39 is 5.60 Å². The second-order valence-electron chi connectivity index (χ2n) is 4.60. The van der Waals surface area contributed by atoms with E-state index in [0.717, 1.165) is 44.3 Å². The van der Waals surface area contributed by atoms with Gasteiger partial charge in [-0.2, -0.15) is 0 Å². The van der Waals surface area contributed by atoms with Gasteiger partial charge in [0.05, 0.1) is 18.5 Å². The number of hydrogen-bond acceptors (Lipinski definition) is 2. The standard InChI is InChI=1S/C13H20O2/c1-15-12-7-5-11(6-8-12)13(14)9-3-2-4-10-13/h5,8,14H,2-4,6-7,9-10H2,1H3. The van der Waals surface area contributed by atoms with E-state index >= 15 is 0 Å². The van der Waals surface area contributed by atoms with Gasteiger partial charge in [0.1, 0.15) is 0 Å². The van der Waals surface area contributed by atoms with Gasteiger partial charge in [0.15, 0.2) is 0 Å². The Labute approximate surface area is 91.6 Å². The van der Waals surface area contributed by atoms with Crippen LogP contribution in [0.1, 0.15) is 44.9 Å². The average Bonchev–Trinajstić information content (AvgIpc) is 2.30. The first-order valence-electron chi connectivity index (χ1n) is 5.89. The summed E-state index contributed by atoms with van der Waals surface area (Å²) in [5.74, 6) is 1.03. The maximum atomic E-state index is 10.5. The third-order valence-corrected chi connectivity index (χ3v) is 3.64. The van der Waals surface area contributed by atoms with Crippen molar-refractivity contribution in [1.29, 1.82) is 0 Å². The van der Waals surface area contributed by atoms with Crippen LogP contribution in [0, 0.1) is 0 Å². The number of rotatable bonds is 2. The first kappa shape index (κ1) is 10.7. The fourth-order valence-corrected chi connectivity index (χ4v) is 2.62. The van der Waals surface area contributed by atoms with Crippen molar-refractivity contribution in [2.45, 2.75) is 50.5 Å². The highest BCUT2D eigenvalue weighted by Gasteiger charge is 2.33. The molecule has 0 aromatic heterocycles. The van der Waals surface area contributed by atoms with Gasteiger partial charge in [-0.25, -0.2) is 0 Å². The molecule has 2 aliphatic rings. The van der Waals surface area contributed by atoms with Crippen molar-refractivity contribution in [2.75, 3.05) is 7.11 Å². The molecule has 1 saturated carbocycles. The summed E-state index contributed by atoms with van der Waals surface area (Å²) in [6.45, 7) is 0. The summed E-state index contributed by atoms with van der Waals surface area (Å²) in [7, 11) is 1.71. The van der Waals surface area contributed by atoms with Crippen LogP contribution in [0.5, 0.6) is 0 Å². The third-order valence-electron chi connectivity index (χ3n) is 3.64. The summed E-state index contributed by atoms with van der Waals surface area (Å²) in [4.78, 5) is 0. The van der Waals surface area contributed by atoms with E-state index in [0.29, 0.717) is 0 Å². The summed E-state index contributed by atoms with van der Waals surface area (Å²) in [6.07, 6.45) is 11.4. The minimum absolute atomic E-state index is 0.506. The van der Waals surface area contributed by atoms with Crippen LogP contribution in [-0.4, -0.2) is 17.8 Å². The van der Waals surface area contributed by atoms with Crippen LogP contribution < -0.4 is 0 Å². The average molecular weight is 208 g/mol. The van der Waals surface area contributed by atoms with E-state index in [1.165, 1.54) is 12.0 Å². The lowest BCUT2D eigenvalue weighted by molar-refractivity contribution is 0.0369. The smallest absolute Gasteiger partial charge is 0.0956 e. The third kappa shape index (κ3) is 2.25. The zero-order valence-electron chi connectivity index (χ0n) is 9.46. The first-order valence-corrected chi connectivity index (χ1v) is 5.89. The Morgan fingerprint density at radius 3 is 2.40 bits per heavy atom. The Hall–Kier alpha value is -0.760. The first-order chi connectivity index (χ1) is 7.24. The van der Waals surface area contributed by atoms with Crippen molar-refractivity contribution in [2.24, 2.45) is 0 Å². The van der Waals surface area contributed by atoms with E-state index in [4.69, 9.17) is 4.74 Å². The van der Waals surface area contributed by atoms with Crippen molar-refractivity contribution < 1.29 is 9.84 Å². The minimum Gasteiger partial charge on any atom is -0.501 e. The Balaban J connectivity index is 2.03. The van der Waals surface area contributed by atoms with Crippen molar-refractivity contribution >= 4 is 0 Å². The van der Waals surface area contributed by atoms with E-state index in [2.05, 4.69) is 12.2 Å². The molecule has 1 N–H and O–H groups in total. The fourth-order valence-electron chi connectivity index (χ4n) is 2.62. The van der Waals surface area contributed by atoms with E-state index in [1.807, 2.05) is 0 Å². The topological polar surface area (TPSA) is 29.5 Å². The molecule has 0 unspecified atom stereocenters. The molecule has 15 heavy (non-hydrogen) atoms. The highest BCUT2D eigenvalue weighted by atomic mass is 16.5. The van der Waals surface area contributed by atoms with Gasteiger partial charge in [0.2, 0.25) is 0 Å². The molecule has 0 aromatic rings. The van der Waals surface area contributed by atoms with Gasteiger partial charge in [0.25, 0.3) is 0 Å². The van der Waals surface area contributed by atoms with Crippen molar-refractivity contribution in [1.82, 2.24) is 0 Å². The highest BCUT2D eigenvalue weighted by molar-refractivity contribution is 5.26. The van der Waals surface area contributed by atoms with E-state index in [-0.39, 0.29) is 0 Å².